The van der Waals surface area contributed by atoms with E-state index in [-0.39, 0.29) is 10.7 Å². The van der Waals surface area contributed by atoms with Crippen LogP contribution < -0.4 is 20.7 Å². The molecule has 0 bridgehead atoms. The molecule has 1 N–H and O–H groups in total. The van der Waals surface area contributed by atoms with Crippen LogP contribution in [0, 0.1) is 6.92 Å². The molecule has 3 aromatic heterocycles. The molecule has 0 radical (unpaired) electrons. The van der Waals surface area contributed by atoms with Crippen molar-refractivity contribution in [1.82, 2.24) is 18.8 Å². The molecule has 2 fully saturated rings. The van der Waals surface area contributed by atoms with E-state index in [1.807, 2.05) is 31.2 Å². The first-order valence-electron chi connectivity index (χ1n) is 12.6. The number of aromatic nitrogens is 3. The summed E-state index contributed by atoms with van der Waals surface area (Å²) in [5.41, 5.74) is -0.465. The van der Waals surface area contributed by atoms with Crippen LogP contribution in [0.2, 0.25) is 0 Å². The van der Waals surface area contributed by atoms with Crippen LogP contribution in [0.4, 0.5) is 0 Å². The third-order valence-electron chi connectivity index (χ3n) is 7.55. The second-order valence-corrected chi connectivity index (χ2v) is 12.6. The number of nitrogens with zero attached hydrogens (tertiary/aromatic N) is 3. The third kappa shape index (κ3) is 4.08. The SMILES string of the molecule is COc1ccccc1CCn1c(=O)n(C2(C(=O)NSC3(C)CC3)CC2)c(=O)c2c(C)c(-c3ncco3)sc21. The standard InChI is InChI=1S/C27H28N4O5S2/c1-16-19-22(32)31(27(11-12-27)24(33)29-38-26(2)9-10-26)25(34)30(14-8-17-6-4-5-7-18(17)35-3)23(19)37-20(16)21-28-13-15-36-21/h4-7,13,15H,8-12,14H2,1-3H3,(H,29,33). The zero-order chi connectivity index (χ0) is 26.7. The molecule has 2 aliphatic carbocycles. The van der Waals surface area contributed by atoms with E-state index in [0.29, 0.717) is 52.4 Å². The molecule has 11 heteroatoms. The molecular formula is C27H28N4O5S2. The summed E-state index contributed by atoms with van der Waals surface area (Å²) in [4.78, 5) is 47.0. The minimum Gasteiger partial charge on any atom is -0.496 e. The molecule has 3 heterocycles. The number of aryl methyl sites for hydroxylation is 3. The van der Waals surface area contributed by atoms with Crippen LogP contribution in [0.3, 0.4) is 0 Å². The number of carbonyl (C=O) groups is 1. The van der Waals surface area contributed by atoms with Gasteiger partial charge in [-0.05, 0) is 75.1 Å². The van der Waals surface area contributed by atoms with Crippen molar-refractivity contribution >= 4 is 39.4 Å². The smallest absolute Gasteiger partial charge is 0.333 e. The Balaban J connectivity index is 1.49. The number of carbonyl (C=O) groups excluding carboxylic acids is 1. The molecule has 2 aliphatic rings. The molecule has 4 aromatic rings. The van der Waals surface area contributed by atoms with E-state index in [9.17, 15) is 14.4 Å². The fraction of sp³-hybridized carbons (Fsp3) is 0.407. The molecule has 0 unspecified atom stereocenters. The minimum atomic E-state index is -1.18. The lowest BCUT2D eigenvalue weighted by Crippen LogP contribution is -2.51. The van der Waals surface area contributed by atoms with Gasteiger partial charge in [-0.25, -0.2) is 14.3 Å². The van der Waals surface area contributed by atoms with Crippen LogP contribution in [0.15, 0.2) is 50.7 Å². The Kier molecular flexibility index (Phi) is 6.03. The van der Waals surface area contributed by atoms with Crippen LogP contribution in [0.5, 0.6) is 5.75 Å². The van der Waals surface area contributed by atoms with Crippen LogP contribution >= 0.6 is 23.3 Å². The van der Waals surface area contributed by atoms with Crippen LogP contribution in [0.25, 0.3) is 21.0 Å². The summed E-state index contributed by atoms with van der Waals surface area (Å²) < 4.78 is 16.8. The number of fused-ring (bicyclic) bond motifs is 1. The Hall–Kier alpha value is -3.31. The topological polar surface area (TPSA) is 108 Å². The molecule has 0 spiro atoms. The Morgan fingerprint density at radius 2 is 2.00 bits per heavy atom. The van der Waals surface area contributed by atoms with Gasteiger partial charge in [0, 0.05) is 11.3 Å². The quantitative estimate of drug-likeness (QED) is 0.309. The molecular weight excluding hydrogens is 524 g/mol. The largest absolute Gasteiger partial charge is 0.496 e. The maximum absolute atomic E-state index is 14.1. The number of ether oxygens (including phenoxy) is 1. The van der Waals surface area contributed by atoms with Gasteiger partial charge in [-0.1, -0.05) is 18.2 Å². The average molecular weight is 553 g/mol. The molecule has 2 saturated carbocycles. The Morgan fingerprint density at radius 3 is 2.66 bits per heavy atom. The molecule has 9 nitrogen and oxygen atoms in total. The summed E-state index contributed by atoms with van der Waals surface area (Å²) in [5.74, 6) is 0.842. The lowest BCUT2D eigenvalue weighted by Gasteiger charge is -2.21. The lowest BCUT2D eigenvalue weighted by atomic mass is 10.1. The lowest BCUT2D eigenvalue weighted by molar-refractivity contribution is -0.123. The Labute approximate surface area is 227 Å². The average Bonchev–Trinajstić information content (AvgIpc) is 3.76. The molecule has 38 heavy (non-hydrogen) atoms. The van der Waals surface area contributed by atoms with Crippen molar-refractivity contribution in [2.75, 3.05) is 7.11 Å². The number of rotatable bonds is 9. The van der Waals surface area contributed by atoms with E-state index in [1.54, 1.807) is 17.9 Å². The van der Waals surface area contributed by atoms with Crippen molar-refractivity contribution in [3.63, 3.8) is 0 Å². The minimum absolute atomic E-state index is 0.0322. The van der Waals surface area contributed by atoms with Crippen LogP contribution in [-0.4, -0.2) is 31.9 Å². The van der Waals surface area contributed by atoms with Gasteiger partial charge in [0.05, 0.1) is 23.6 Å². The van der Waals surface area contributed by atoms with Crippen molar-refractivity contribution in [1.29, 1.82) is 0 Å². The molecule has 198 valence electrons. The number of amides is 1. The zero-order valence-electron chi connectivity index (χ0n) is 21.4. The summed E-state index contributed by atoms with van der Waals surface area (Å²) in [6.07, 6.45) is 6.49. The fourth-order valence-electron chi connectivity index (χ4n) is 4.82. The zero-order valence-corrected chi connectivity index (χ0v) is 23.0. The number of hydrogen-bond acceptors (Lipinski definition) is 8. The highest BCUT2D eigenvalue weighted by molar-refractivity contribution is 7.99. The molecule has 0 saturated heterocycles. The summed E-state index contributed by atoms with van der Waals surface area (Å²) in [7, 11) is 1.62. The number of benzene rings is 1. The van der Waals surface area contributed by atoms with Gasteiger partial charge in [-0.15, -0.1) is 11.3 Å². The Bertz CT molecular complexity index is 1660. The van der Waals surface area contributed by atoms with Crippen molar-refractivity contribution in [3.05, 3.63) is 68.7 Å². The first kappa shape index (κ1) is 25.0. The second kappa shape index (κ2) is 9.16. The number of thiophene rings is 1. The highest BCUT2D eigenvalue weighted by Gasteiger charge is 2.55. The molecule has 1 amide bonds. The maximum atomic E-state index is 14.1. The number of methoxy groups -OCH3 is 1. The van der Waals surface area contributed by atoms with E-state index in [2.05, 4.69) is 16.6 Å². The predicted molar refractivity (Wildman–Crippen MR) is 148 cm³/mol. The van der Waals surface area contributed by atoms with E-state index in [1.165, 1.54) is 34.1 Å². The number of oxazole rings is 1. The van der Waals surface area contributed by atoms with Crippen molar-refractivity contribution < 1.29 is 13.9 Å². The van der Waals surface area contributed by atoms with Crippen molar-refractivity contribution in [3.8, 4) is 16.5 Å². The number of hydrogen-bond donors (Lipinski definition) is 1. The van der Waals surface area contributed by atoms with Gasteiger partial charge in [-0.2, -0.15) is 0 Å². The third-order valence-corrected chi connectivity index (χ3v) is 10.0. The summed E-state index contributed by atoms with van der Waals surface area (Å²) in [6.45, 7) is 4.24. The van der Waals surface area contributed by atoms with Gasteiger partial charge in [0.15, 0.2) is 0 Å². The van der Waals surface area contributed by atoms with Gasteiger partial charge in [0.1, 0.15) is 22.4 Å². The van der Waals surface area contributed by atoms with Crippen LogP contribution in [0.1, 0.15) is 43.7 Å². The van der Waals surface area contributed by atoms with Crippen LogP contribution in [-0.2, 0) is 23.3 Å². The van der Waals surface area contributed by atoms with Crippen molar-refractivity contribution in [2.45, 2.75) is 62.8 Å². The maximum Gasteiger partial charge on any atom is 0.333 e. The van der Waals surface area contributed by atoms with Gasteiger partial charge < -0.3 is 9.15 Å². The molecule has 0 atom stereocenters. The molecule has 0 aliphatic heterocycles. The Morgan fingerprint density at radius 1 is 1.24 bits per heavy atom. The monoisotopic (exact) mass is 552 g/mol. The first-order chi connectivity index (χ1) is 18.3. The van der Waals surface area contributed by atoms with Gasteiger partial charge in [-0.3, -0.25) is 18.9 Å². The molecule has 1 aromatic carbocycles. The first-order valence-corrected chi connectivity index (χ1v) is 14.2. The van der Waals surface area contributed by atoms with Gasteiger partial charge in [0.2, 0.25) is 5.89 Å². The number of para-hydroxylation sites is 1. The normalized spacial score (nSPS) is 16.9. The van der Waals surface area contributed by atoms with Gasteiger partial charge >= 0.3 is 5.69 Å². The summed E-state index contributed by atoms with van der Waals surface area (Å²) in [6, 6.07) is 7.66. The van der Waals surface area contributed by atoms with E-state index in [4.69, 9.17) is 9.15 Å². The van der Waals surface area contributed by atoms with E-state index in [0.717, 1.165) is 24.2 Å². The summed E-state index contributed by atoms with van der Waals surface area (Å²) in [5, 5.41) is 0.420. The highest BCUT2D eigenvalue weighted by atomic mass is 32.2. The highest BCUT2D eigenvalue weighted by Crippen LogP contribution is 2.48. The molecule has 6 rings (SSSR count). The number of nitrogens with one attached hydrogen (secondary N) is 1. The van der Waals surface area contributed by atoms with Gasteiger partial charge in [0.25, 0.3) is 11.5 Å². The summed E-state index contributed by atoms with van der Waals surface area (Å²) >= 11 is 2.70. The predicted octanol–water partition coefficient (Wildman–Crippen LogP) is 4.25. The van der Waals surface area contributed by atoms with E-state index >= 15 is 0 Å². The van der Waals surface area contributed by atoms with Crippen molar-refractivity contribution in [2.24, 2.45) is 0 Å². The van der Waals surface area contributed by atoms with E-state index < -0.39 is 16.8 Å². The fourth-order valence-corrected chi connectivity index (χ4v) is 6.91. The second-order valence-electron chi connectivity index (χ2n) is 10.2.